The number of hydrogen-bond donors (Lipinski definition) is 1. The van der Waals surface area contributed by atoms with Crippen LogP contribution in [0.3, 0.4) is 0 Å². The number of aryl methyl sites for hydroxylation is 2. The van der Waals surface area contributed by atoms with Crippen LogP contribution < -0.4 is 10.6 Å². The summed E-state index contributed by atoms with van der Waals surface area (Å²) in [5.41, 5.74) is 9.40. The maximum absolute atomic E-state index is 5.81. The number of nitrogens with two attached hydrogens (primary N) is 1. The molecule has 0 unspecified atom stereocenters. The van der Waals surface area contributed by atoms with Crippen LogP contribution in [0.2, 0.25) is 0 Å². The van der Waals surface area contributed by atoms with Crippen LogP contribution in [0.1, 0.15) is 17.0 Å². The van der Waals surface area contributed by atoms with E-state index in [0.717, 1.165) is 12.4 Å². The first-order valence-electron chi connectivity index (χ1n) is 6.08. The van der Waals surface area contributed by atoms with Crippen molar-refractivity contribution in [3.8, 4) is 0 Å². The molecule has 2 N–H and O–H groups in total. The van der Waals surface area contributed by atoms with E-state index < -0.39 is 0 Å². The Kier molecular flexibility index (Phi) is 3.67. The first-order valence-corrected chi connectivity index (χ1v) is 6.08. The van der Waals surface area contributed by atoms with Crippen molar-refractivity contribution < 1.29 is 0 Å². The first-order chi connectivity index (χ1) is 8.61. The maximum atomic E-state index is 5.81. The van der Waals surface area contributed by atoms with E-state index in [1.807, 2.05) is 24.0 Å². The van der Waals surface area contributed by atoms with Crippen molar-refractivity contribution in [1.82, 2.24) is 9.55 Å². The van der Waals surface area contributed by atoms with E-state index in [9.17, 15) is 0 Å². The second-order valence-corrected chi connectivity index (χ2v) is 4.65. The third kappa shape index (κ3) is 2.54. The van der Waals surface area contributed by atoms with Gasteiger partial charge in [0.25, 0.3) is 0 Å². The van der Waals surface area contributed by atoms with Gasteiger partial charge in [-0.05, 0) is 18.6 Å². The Morgan fingerprint density at radius 2 is 2.17 bits per heavy atom. The molecule has 96 valence electrons. The van der Waals surface area contributed by atoms with Gasteiger partial charge in [-0.2, -0.15) is 0 Å². The monoisotopic (exact) mass is 244 g/mol. The molecule has 1 heterocycles. The molecule has 0 radical (unpaired) electrons. The van der Waals surface area contributed by atoms with Gasteiger partial charge < -0.3 is 15.2 Å². The molecule has 0 amide bonds. The maximum Gasteiger partial charge on any atom is 0.127 e. The van der Waals surface area contributed by atoms with Crippen molar-refractivity contribution in [2.24, 2.45) is 12.8 Å². The number of aromatic nitrogens is 2. The van der Waals surface area contributed by atoms with Gasteiger partial charge in [-0.25, -0.2) is 4.98 Å². The number of imidazole rings is 1. The Morgan fingerprint density at radius 3 is 2.78 bits per heavy atom. The molecule has 2 aromatic rings. The molecule has 0 saturated carbocycles. The summed E-state index contributed by atoms with van der Waals surface area (Å²) in [7, 11) is 4.08. The minimum absolute atomic E-state index is 0.557. The van der Waals surface area contributed by atoms with Gasteiger partial charge in [0.1, 0.15) is 5.82 Å². The number of benzene rings is 1. The zero-order valence-electron chi connectivity index (χ0n) is 11.2. The van der Waals surface area contributed by atoms with E-state index in [0.29, 0.717) is 6.54 Å². The molecule has 0 saturated heterocycles. The van der Waals surface area contributed by atoms with Crippen molar-refractivity contribution in [3.05, 3.63) is 47.5 Å². The summed E-state index contributed by atoms with van der Waals surface area (Å²) in [6.07, 6.45) is 3.78. The lowest BCUT2D eigenvalue weighted by Crippen LogP contribution is -2.21. The summed E-state index contributed by atoms with van der Waals surface area (Å²) < 4.78 is 2.03. The molecule has 0 aliphatic rings. The van der Waals surface area contributed by atoms with E-state index in [-0.39, 0.29) is 0 Å². The summed E-state index contributed by atoms with van der Waals surface area (Å²) in [4.78, 5) is 6.53. The van der Waals surface area contributed by atoms with E-state index in [1.165, 1.54) is 16.8 Å². The highest BCUT2D eigenvalue weighted by Gasteiger charge is 2.09. The predicted molar refractivity (Wildman–Crippen MR) is 74.4 cm³/mol. The quantitative estimate of drug-likeness (QED) is 0.892. The third-order valence-corrected chi connectivity index (χ3v) is 3.17. The average Bonchev–Trinajstić information content (AvgIpc) is 2.74. The van der Waals surface area contributed by atoms with E-state index in [2.05, 4.69) is 42.1 Å². The minimum Gasteiger partial charge on any atom is -0.367 e. The summed E-state index contributed by atoms with van der Waals surface area (Å²) in [6.45, 7) is 3.42. The topological polar surface area (TPSA) is 47.1 Å². The van der Waals surface area contributed by atoms with Crippen molar-refractivity contribution in [1.29, 1.82) is 0 Å². The second-order valence-electron chi connectivity index (χ2n) is 4.65. The third-order valence-electron chi connectivity index (χ3n) is 3.17. The van der Waals surface area contributed by atoms with Crippen LogP contribution in [0.4, 0.5) is 5.69 Å². The Labute approximate surface area is 108 Å². The normalized spacial score (nSPS) is 10.7. The van der Waals surface area contributed by atoms with Crippen LogP contribution in [0.25, 0.3) is 0 Å². The smallest absolute Gasteiger partial charge is 0.127 e. The van der Waals surface area contributed by atoms with Gasteiger partial charge in [-0.3, -0.25) is 0 Å². The van der Waals surface area contributed by atoms with Crippen molar-refractivity contribution in [2.75, 3.05) is 11.9 Å². The molecule has 1 aromatic carbocycles. The zero-order chi connectivity index (χ0) is 13.1. The van der Waals surface area contributed by atoms with Crippen LogP contribution in [0.5, 0.6) is 0 Å². The van der Waals surface area contributed by atoms with Gasteiger partial charge >= 0.3 is 0 Å². The standard InChI is InChI=1S/C14H20N4/c1-11-4-5-13(12(8-11)9-15)18(3)10-14-16-6-7-17(14)2/h4-8H,9-10,15H2,1-3H3. The van der Waals surface area contributed by atoms with E-state index in [1.54, 1.807) is 0 Å². The molecule has 2 rings (SSSR count). The molecule has 4 nitrogen and oxygen atoms in total. The molecular weight excluding hydrogens is 224 g/mol. The fourth-order valence-electron chi connectivity index (χ4n) is 2.10. The molecule has 1 aromatic heterocycles. The lowest BCUT2D eigenvalue weighted by molar-refractivity contribution is 0.758. The highest BCUT2D eigenvalue weighted by molar-refractivity contribution is 5.54. The summed E-state index contributed by atoms with van der Waals surface area (Å²) in [5, 5.41) is 0. The first kappa shape index (κ1) is 12.6. The van der Waals surface area contributed by atoms with Crippen LogP contribution >= 0.6 is 0 Å². The minimum atomic E-state index is 0.557. The zero-order valence-corrected chi connectivity index (χ0v) is 11.2. The Morgan fingerprint density at radius 1 is 1.39 bits per heavy atom. The van der Waals surface area contributed by atoms with E-state index >= 15 is 0 Å². The van der Waals surface area contributed by atoms with Gasteiger partial charge in [-0.1, -0.05) is 17.7 Å². The van der Waals surface area contributed by atoms with Gasteiger partial charge in [0, 0.05) is 38.7 Å². The fourth-order valence-corrected chi connectivity index (χ4v) is 2.10. The molecular formula is C14H20N4. The molecule has 0 atom stereocenters. The molecule has 0 aliphatic heterocycles. The van der Waals surface area contributed by atoms with Gasteiger partial charge in [-0.15, -0.1) is 0 Å². The lowest BCUT2D eigenvalue weighted by Gasteiger charge is -2.22. The predicted octanol–water partition coefficient (Wildman–Crippen LogP) is 1.82. The highest BCUT2D eigenvalue weighted by Crippen LogP contribution is 2.21. The second kappa shape index (κ2) is 5.23. The molecule has 4 heteroatoms. The number of hydrogen-bond acceptors (Lipinski definition) is 3. The van der Waals surface area contributed by atoms with Crippen LogP contribution in [-0.2, 0) is 20.1 Å². The molecule has 0 spiro atoms. The van der Waals surface area contributed by atoms with Crippen molar-refractivity contribution in [2.45, 2.75) is 20.0 Å². The molecule has 18 heavy (non-hydrogen) atoms. The van der Waals surface area contributed by atoms with Gasteiger partial charge in [0.15, 0.2) is 0 Å². The molecule has 0 aliphatic carbocycles. The van der Waals surface area contributed by atoms with Gasteiger partial charge in [0.2, 0.25) is 0 Å². The lowest BCUT2D eigenvalue weighted by atomic mass is 10.1. The van der Waals surface area contributed by atoms with Gasteiger partial charge in [0.05, 0.1) is 6.54 Å². The average molecular weight is 244 g/mol. The largest absolute Gasteiger partial charge is 0.367 e. The summed E-state index contributed by atoms with van der Waals surface area (Å²) in [5.74, 6) is 1.04. The van der Waals surface area contributed by atoms with Crippen molar-refractivity contribution >= 4 is 5.69 Å². The summed E-state index contributed by atoms with van der Waals surface area (Å²) >= 11 is 0. The highest BCUT2D eigenvalue weighted by atomic mass is 15.2. The SMILES string of the molecule is Cc1ccc(N(C)Cc2nccn2C)c(CN)c1. The van der Waals surface area contributed by atoms with Crippen LogP contribution in [0.15, 0.2) is 30.6 Å². The molecule has 0 fully saturated rings. The van der Waals surface area contributed by atoms with Crippen LogP contribution in [-0.4, -0.2) is 16.6 Å². The number of nitrogens with zero attached hydrogens (tertiary/aromatic N) is 3. The Hall–Kier alpha value is -1.81. The van der Waals surface area contributed by atoms with E-state index in [4.69, 9.17) is 5.73 Å². The summed E-state index contributed by atoms with van der Waals surface area (Å²) in [6, 6.07) is 6.38. The molecule has 0 bridgehead atoms. The number of rotatable bonds is 4. The Bertz CT molecular complexity index is 530. The Balaban J connectivity index is 2.23. The van der Waals surface area contributed by atoms with Crippen molar-refractivity contribution in [3.63, 3.8) is 0 Å². The fraction of sp³-hybridized carbons (Fsp3) is 0.357. The number of anilines is 1. The van der Waals surface area contributed by atoms with Crippen LogP contribution in [0, 0.1) is 6.92 Å².